The lowest BCUT2D eigenvalue weighted by Gasteiger charge is -2.41. The zero-order valence-corrected chi connectivity index (χ0v) is 22.8. The quantitative estimate of drug-likeness (QED) is 0.223. The minimum absolute atomic E-state index is 0.0375. The van der Waals surface area contributed by atoms with E-state index in [1.807, 2.05) is 6.92 Å². The number of likely N-dealkylation sites (tertiary alicyclic amines) is 1. The second-order valence-corrected chi connectivity index (χ2v) is 15.8. The summed E-state index contributed by atoms with van der Waals surface area (Å²) in [7, 11) is -2.14. The molecule has 0 aliphatic carbocycles. The van der Waals surface area contributed by atoms with E-state index < -0.39 is 31.8 Å². The van der Waals surface area contributed by atoms with Crippen LogP contribution in [0.2, 0.25) is 18.1 Å². The molecule has 1 aliphatic rings. The summed E-state index contributed by atoms with van der Waals surface area (Å²) < 4.78 is 85.8. The Morgan fingerprint density at radius 1 is 1.00 bits per heavy atom. The summed E-state index contributed by atoms with van der Waals surface area (Å²) in [6.45, 7) is 14.9. The summed E-state index contributed by atoms with van der Waals surface area (Å²) in [5, 5.41) is 5.52. The van der Waals surface area contributed by atoms with Crippen molar-refractivity contribution in [3.63, 3.8) is 0 Å². The standard InChI is InChI=1S/C23H35F6N3OSSi/c1-15(33-35(5,6)21(2,3)4)19(14-32-9-7-8-10-32)31-20(34)30-18-12-16(22(24,25)26)11-17(13-18)23(27,28)29/h11-13,15,19H,7-10,14H2,1-6H3,(H2,30,31,34)/t15-,19-/m1/s1. The largest absolute Gasteiger partial charge is 0.416 e. The van der Waals surface area contributed by atoms with Gasteiger partial charge in [0.15, 0.2) is 13.4 Å². The summed E-state index contributed by atoms with van der Waals surface area (Å²) in [4.78, 5) is 2.25. The fourth-order valence-corrected chi connectivity index (χ4v) is 5.36. The monoisotopic (exact) mass is 543 g/mol. The maximum absolute atomic E-state index is 13.2. The van der Waals surface area contributed by atoms with E-state index in [1.165, 1.54) is 0 Å². The summed E-state index contributed by atoms with van der Waals surface area (Å²) in [5.41, 5.74) is -3.19. The molecule has 1 heterocycles. The molecule has 35 heavy (non-hydrogen) atoms. The van der Waals surface area contributed by atoms with Crippen molar-refractivity contribution in [2.45, 2.75) is 83.2 Å². The van der Waals surface area contributed by atoms with Gasteiger partial charge in [0, 0.05) is 12.2 Å². The van der Waals surface area contributed by atoms with Crippen molar-refractivity contribution < 1.29 is 30.8 Å². The highest BCUT2D eigenvalue weighted by molar-refractivity contribution is 7.80. The molecule has 1 saturated heterocycles. The Morgan fingerprint density at radius 2 is 1.49 bits per heavy atom. The fourth-order valence-electron chi connectivity index (χ4n) is 3.64. The summed E-state index contributed by atoms with van der Waals surface area (Å²) in [5.74, 6) is 0. The lowest BCUT2D eigenvalue weighted by molar-refractivity contribution is -0.143. The van der Waals surface area contributed by atoms with Crippen molar-refractivity contribution >= 4 is 31.3 Å². The van der Waals surface area contributed by atoms with E-state index >= 15 is 0 Å². The van der Waals surface area contributed by atoms with E-state index in [-0.39, 0.29) is 34.1 Å². The Morgan fingerprint density at radius 3 is 1.91 bits per heavy atom. The van der Waals surface area contributed by atoms with Gasteiger partial charge in [-0.15, -0.1) is 0 Å². The van der Waals surface area contributed by atoms with Gasteiger partial charge in [0.2, 0.25) is 0 Å². The number of hydrogen-bond donors (Lipinski definition) is 2. The predicted molar refractivity (Wildman–Crippen MR) is 133 cm³/mol. The molecule has 1 aliphatic heterocycles. The lowest BCUT2D eigenvalue weighted by Crippen LogP contribution is -2.55. The number of hydrogen-bond acceptors (Lipinski definition) is 3. The molecule has 1 aromatic rings. The van der Waals surface area contributed by atoms with E-state index in [9.17, 15) is 26.3 Å². The fraction of sp³-hybridized carbons (Fsp3) is 0.696. The second kappa shape index (κ2) is 10.9. The lowest BCUT2D eigenvalue weighted by atomic mass is 10.1. The molecule has 1 aromatic carbocycles. The number of nitrogens with zero attached hydrogens (tertiary/aromatic N) is 1. The van der Waals surface area contributed by atoms with Crippen LogP contribution in [0.5, 0.6) is 0 Å². The van der Waals surface area contributed by atoms with Crippen LogP contribution in [0.15, 0.2) is 18.2 Å². The van der Waals surface area contributed by atoms with Crippen LogP contribution >= 0.6 is 12.2 Å². The Hall–Kier alpha value is -1.37. The third-order valence-electron chi connectivity index (χ3n) is 6.67. The van der Waals surface area contributed by atoms with E-state index in [0.29, 0.717) is 18.7 Å². The molecule has 1 fully saturated rings. The van der Waals surface area contributed by atoms with E-state index in [1.54, 1.807) is 0 Å². The van der Waals surface area contributed by atoms with Crippen LogP contribution in [0, 0.1) is 0 Å². The highest BCUT2D eigenvalue weighted by Gasteiger charge is 2.40. The third-order valence-corrected chi connectivity index (χ3v) is 11.5. The molecule has 0 saturated carbocycles. The van der Waals surface area contributed by atoms with Gasteiger partial charge >= 0.3 is 12.4 Å². The highest BCUT2D eigenvalue weighted by Crippen LogP contribution is 2.38. The molecule has 0 bridgehead atoms. The van der Waals surface area contributed by atoms with Crippen molar-refractivity contribution in [3.05, 3.63) is 29.3 Å². The molecule has 0 amide bonds. The zero-order valence-electron chi connectivity index (χ0n) is 21.0. The molecule has 2 atom stereocenters. The van der Waals surface area contributed by atoms with Gasteiger partial charge in [-0.1, -0.05) is 20.8 Å². The predicted octanol–water partition coefficient (Wildman–Crippen LogP) is 6.89. The van der Waals surface area contributed by atoms with Crippen molar-refractivity contribution in [3.8, 4) is 0 Å². The van der Waals surface area contributed by atoms with Crippen LogP contribution in [0.1, 0.15) is 51.7 Å². The second-order valence-electron chi connectivity index (χ2n) is 10.6. The molecule has 4 nitrogen and oxygen atoms in total. The molecule has 200 valence electrons. The first-order valence-electron chi connectivity index (χ1n) is 11.6. The number of nitrogens with one attached hydrogen (secondary N) is 2. The van der Waals surface area contributed by atoms with E-state index in [2.05, 4.69) is 49.4 Å². The minimum Gasteiger partial charge on any atom is -0.412 e. The van der Waals surface area contributed by atoms with Crippen LogP contribution in [-0.4, -0.2) is 50.1 Å². The molecule has 0 spiro atoms. The Bertz CT molecular complexity index is 847. The number of halogens is 6. The maximum Gasteiger partial charge on any atom is 0.416 e. The van der Waals surface area contributed by atoms with Crippen molar-refractivity contribution in [2.24, 2.45) is 0 Å². The Balaban J connectivity index is 2.24. The SMILES string of the molecule is C[C@@H](O[Si](C)(C)C(C)(C)C)[C@@H](CN1CCCC1)NC(=S)Nc1cc(C(F)(F)F)cc(C(F)(F)F)c1. The molecular weight excluding hydrogens is 508 g/mol. The molecule has 0 unspecified atom stereocenters. The number of alkyl halides is 6. The van der Waals surface area contributed by atoms with Crippen LogP contribution in [0.25, 0.3) is 0 Å². The molecule has 2 rings (SSSR count). The topological polar surface area (TPSA) is 36.5 Å². The number of thiocarbonyl (C=S) groups is 1. The minimum atomic E-state index is -4.93. The molecule has 2 N–H and O–H groups in total. The zero-order chi connectivity index (χ0) is 26.8. The van der Waals surface area contributed by atoms with Crippen LogP contribution in [-0.2, 0) is 16.8 Å². The maximum atomic E-state index is 13.2. The third kappa shape index (κ3) is 8.61. The van der Waals surface area contributed by atoms with Gasteiger partial charge in [-0.3, -0.25) is 0 Å². The van der Waals surface area contributed by atoms with Gasteiger partial charge in [-0.25, -0.2) is 0 Å². The van der Waals surface area contributed by atoms with Gasteiger partial charge < -0.3 is 20.0 Å². The normalized spacial score (nSPS) is 17.8. The van der Waals surface area contributed by atoms with Crippen molar-refractivity contribution in [1.29, 1.82) is 0 Å². The summed E-state index contributed by atoms with van der Waals surface area (Å²) in [6, 6.07) is 1.02. The summed E-state index contributed by atoms with van der Waals surface area (Å²) >= 11 is 5.31. The molecule has 12 heteroatoms. The number of rotatable bonds is 7. The first-order valence-corrected chi connectivity index (χ1v) is 14.9. The average Bonchev–Trinajstić information content (AvgIpc) is 3.17. The Labute approximate surface area is 209 Å². The Kier molecular flexibility index (Phi) is 9.33. The highest BCUT2D eigenvalue weighted by atomic mass is 32.1. The number of benzene rings is 1. The number of anilines is 1. The van der Waals surface area contributed by atoms with Crippen LogP contribution in [0.4, 0.5) is 32.0 Å². The average molecular weight is 544 g/mol. The first-order chi connectivity index (χ1) is 15.8. The van der Waals surface area contributed by atoms with Gasteiger partial charge in [0.1, 0.15) is 0 Å². The molecule has 0 radical (unpaired) electrons. The molecular formula is C23H35F6N3OSSi. The van der Waals surface area contributed by atoms with Gasteiger partial charge in [-0.05, 0) is 81.4 Å². The van der Waals surface area contributed by atoms with Crippen molar-refractivity contribution in [1.82, 2.24) is 10.2 Å². The van der Waals surface area contributed by atoms with Gasteiger partial charge in [0.05, 0.1) is 23.3 Å². The smallest absolute Gasteiger partial charge is 0.412 e. The van der Waals surface area contributed by atoms with Crippen LogP contribution < -0.4 is 10.6 Å². The molecule has 0 aromatic heterocycles. The summed E-state index contributed by atoms with van der Waals surface area (Å²) in [6.07, 6.45) is -8.02. The van der Waals surface area contributed by atoms with E-state index in [4.69, 9.17) is 16.6 Å². The van der Waals surface area contributed by atoms with Crippen LogP contribution in [0.3, 0.4) is 0 Å². The van der Waals surface area contributed by atoms with E-state index in [0.717, 1.165) is 25.9 Å². The van der Waals surface area contributed by atoms with Crippen molar-refractivity contribution in [2.75, 3.05) is 25.0 Å². The van der Waals surface area contributed by atoms with Gasteiger partial charge in [0.25, 0.3) is 0 Å². The van der Waals surface area contributed by atoms with Gasteiger partial charge in [-0.2, -0.15) is 26.3 Å². The first kappa shape index (κ1) is 29.9.